The zero-order valence-corrected chi connectivity index (χ0v) is 9.27. The van der Waals surface area contributed by atoms with Crippen LogP contribution in [0.3, 0.4) is 0 Å². The van der Waals surface area contributed by atoms with E-state index in [2.05, 4.69) is 9.32 Å². The first-order valence-corrected chi connectivity index (χ1v) is 5.82. The smallest absolute Gasteiger partial charge is 0.380 e. The first kappa shape index (κ1) is 12.5. The minimum absolute atomic E-state index is 0.0452. The van der Waals surface area contributed by atoms with Gasteiger partial charge in [-0.2, -0.15) is 13.6 Å². The minimum atomic E-state index is -4.04. The largest absolute Gasteiger partial charge is 0.481 e. The van der Waals surface area contributed by atoms with Gasteiger partial charge in [0.2, 0.25) is 0 Å². The average Bonchev–Trinajstić information content (AvgIpc) is 2.15. The Bertz CT molecular complexity index is 479. The van der Waals surface area contributed by atoms with Gasteiger partial charge < -0.3 is 9.29 Å². The van der Waals surface area contributed by atoms with Crippen molar-refractivity contribution in [3.05, 3.63) is 29.8 Å². The van der Waals surface area contributed by atoms with Gasteiger partial charge in [0.15, 0.2) is 0 Å². The number of rotatable bonds is 4. The van der Waals surface area contributed by atoms with Gasteiger partial charge in [-0.05, 0) is 24.6 Å². The Morgan fingerprint density at radius 1 is 1.38 bits per heavy atom. The maximum atomic E-state index is 10.7. The molecule has 0 radical (unpaired) electrons. The summed E-state index contributed by atoms with van der Waals surface area (Å²) in [4.78, 5) is 10.7. The third-order valence-electron chi connectivity index (χ3n) is 1.96. The quantitative estimate of drug-likeness (QED) is 0.801. The molecule has 88 valence electrons. The summed E-state index contributed by atoms with van der Waals surface area (Å²) in [5.74, 6) is -1.58. The molecule has 0 heterocycles. The fourth-order valence-electron chi connectivity index (χ4n) is 1.09. The van der Waals surface area contributed by atoms with Gasteiger partial charge >= 0.3 is 16.3 Å². The van der Waals surface area contributed by atoms with Crippen LogP contribution < -0.4 is 9.32 Å². The molecule has 6 nitrogen and oxygen atoms in total. The zero-order valence-electron chi connectivity index (χ0n) is 8.45. The molecule has 0 spiro atoms. The Morgan fingerprint density at radius 3 is 2.25 bits per heavy atom. The lowest BCUT2D eigenvalue weighted by Crippen LogP contribution is -2.19. The van der Waals surface area contributed by atoms with Crippen LogP contribution in [0.25, 0.3) is 0 Å². The Balaban J connectivity index is 2.87. The molecule has 7 heteroatoms. The van der Waals surface area contributed by atoms with E-state index in [1.165, 1.54) is 31.2 Å². The molecule has 0 aromatic heterocycles. The van der Waals surface area contributed by atoms with Gasteiger partial charge in [0.05, 0.1) is 5.92 Å². The van der Waals surface area contributed by atoms with Crippen molar-refractivity contribution >= 4 is 16.3 Å². The van der Waals surface area contributed by atoms with Crippen molar-refractivity contribution in [3.8, 4) is 5.75 Å². The summed E-state index contributed by atoms with van der Waals surface area (Å²) < 4.78 is 25.6. The maximum absolute atomic E-state index is 10.7. The van der Waals surface area contributed by atoms with Gasteiger partial charge in [-0.1, -0.05) is 12.1 Å². The summed E-state index contributed by atoms with van der Waals surface area (Å²) in [6.45, 7) is 1.53. The van der Waals surface area contributed by atoms with Crippen LogP contribution in [-0.2, 0) is 15.1 Å². The van der Waals surface area contributed by atoms with E-state index in [1.54, 1.807) is 0 Å². The lowest BCUT2D eigenvalue weighted by atomic mass is 10.0. The van der Waals surface area contributed by atoms with E-state index in [0.717, 1.165) is 0 Å². The van der Waals surface area contributed by atoms with Crippen LogP contribution in [0.15, 0.2) is 24.3 Å². The number of hydrogen-bond donors (Lipinski definition) is 2. The van der Waals surface area contributed by atoms with Gasteiger partial charge in [0, 0.05) is 0 Å². The Labute approximate surface area is 92.9 Å². The van der Waals surface area contributed by atoms with Crippen LogP contribution in [0.2, 0.25) is 0 Å². The topological polar surface area (TPSA) is 107 Å². The molecule has 1 atom stereocenters. The van der Waals surface area contributed by atoms with Crippen LogP contribution in [-0.4, -0.2) is 19.5 Å². The molecule has 1 aromatic carbocycles. The van der Waals surface area contributed by atoms with Crippen molar-refractivity contribution in [2.75, 3.05) is 0 Å². The minimum Gasteiger partial charge on any atom is -0.481 e. The van der Waals surface area contributed by atoms with Crippen molar-refractivity contribution in [2.24, 2.45) is 5.14 Å². The van der Waals surface area contributed by atoms with E-state index in [0.29, 0.717) is 5.56 Å². The third-order valence-corrected chi connectivity index (χ3v) is 2.39. The third kappa shape index (κ3) is 3.52. The van der Waals surface area contributed by atoms with E-state index in [4.69, 9.17) is 5.11 Å². The summed E-state index contributed by atoms with van der Waals surface area (Å²) in [6.07, 6.45) is 0. The molecular formula is C9H11NO5S. The summed E-state index contributed by atoms with van der Waals surface area (Å²) in [5.41, 5.74) is 0.550. The molecule has 0 aliphatic heterocycles. The Hall–Kier alpha value is -1.60. The molecule has 0 unspecified atom stereocenters. The fourth-order valence-corrected chi connectivity index (χ4v) is 1.47. The summed E-state index contributed by atoms with van der Waals surface area (Å²) in [7, 11) is -4.04. The predicted octanol–water partition coefficient (Wildman–Crippen LogP) is 0.457. The number of hydrogen-bond acceptors (Lipinski definition) is 4. The number of nitrogens with two attached hydrogens (primary N) is 1. The van der Waals surface area contributed by atoms with E-state index >= 15 is 0 Å². The number of carbonyl (C=O) groups is 1. The number of carboxylic acid groups (broad SMARTS) is 1. The molecule has 0 amide bonds. The molecule has 3 N–H and O–H groups in total. The number of benzene rings is 1. The van der Waals surface area contributed by atoms with Crippen molar-refractivity contribution in [1.82, 2.24) is 0 Å². The van der Waals surface area contributed by atoms with Crippen molar-refractivity contribution in [1.29, 1.82) is 0 Å². The molecule has 0 saturated heterocycles. The fraction of sp³-hybridized carbons (Fsp3) is 0.222. The Morgan fingerprint density at radius 2 is 1.88 bits per heavy atom. The lowest BCUT2D eigenvalue weighted by Gasteiger charge is -2.07. The van der Waals surface area contributed by atoms with Crippen LogP contribution in [0.4, 0.5) is 0 Å². The molecule has 0 bridgehead atoms. The monoisotopic (exact) mass is 245 g/mol. The summed E-state index contributed by atoms with van der Waals surface area (Å²) >= 11 is 0. The Kier molecular flexibility index (Phi) is 3.51. The van der Waals surface area contributed by atoms with Crippen molar-refractivity contribution in [3.63, 3.8) is 0 Å². The van der Waals surface area contributed by atoms with Gasteiger partial charge in [0.1, 0.15) is 5.75 Å². The molecule has 1 rings (SSSR count). The maximum Gasteiger partial charge on any atom is 0.380 e. The average molecular weight is 245 g/mol. The second kappa shape index (κ2) is 4.50. The molecule has 1 aromatic rings. The van der Waals surface area contributed by atoms with Crippen LogP contribution >= 0.6 is 0 Å². The number of aliphatic carboxylic acids is 1. The normalized spacial score (nSPS) is 13.1. The highest BCUT2D eigenvalue weighted by Gasteiger charge is 2.13. The molecular weight excluding hydrogens is 234 g/mol. The first-order valence-electron chi connectivity index (χ1n) is 4.34. The van der Waals surface area contributed by atoms with Gasteiger partial charge in [0.25, 0.3) is 0 Å². The highest BCUT2D eigenvalue weighted by atomic mass is 32.2. The van der Waals surface area contributed by atoms with Gasteiger partial charge in [-0.15, -0.1) is 0 Å². The molecule has 0 aliphatic rings. The zero-order chi connectivity index (χ0) is 12.3. The summed E-state index contributed by atoms with van der Waals surface area (Å²) in [6, 6.07) is 5.64. The predicted molar refractivity (Wildman–Crippen MR) is 56.2 cm³/mol. The van der Waals surface area contributed by atoms with Crippen LogP contribution in [0, 0.1) is 0 Å². The standard InChI is InChI=1S/C9H11NO5S/c1-6(9(11)12)7-2-4-8(5-3-7)15-16(10,13)14/h2-6H,1H3,(H,11,12)(H2,10,13,14)/t6-/m0/s1. The SMILES string of the molecule is C[C@H](C(=O)O)c1ccc(OS(N)(=O)=O)cc1. The second-order valence-corrected chi connectivity index (χ2v) is 4.36. The highest BCUT2D eigenvalue weighted by Crippen LogP contribution is 2.19. The lowest BCUT2D eigenvalue weighted by molar-refractivity contribution is -0.138. The van der Waals surface area contributed by atoms with E-state index in [-0.39, 0.29) is 5.75 Å². The van der Waals surface area contributed by atoms with E-state index in [9.17, 15) is 13.2 Å². The second-order valence-electron chi connectivity index (χ2n) is 3.21. The number of carboxylic acids is 1. The molecule has 0 aliphatic carbocycles. The van der Waals surface area contributed by atoms with Crippen molar-refractivity contribution in [2.45, 2.75) is 12.8 Å². The highest BCUT2D eigenvalue weighted by molar-refractivity contribution is 7.84. The summed E-state index contributed by atoms with van der Waals surface area (Å²) in [5, 5.41) is 13.4. The van der Waals surface area contributed by atoms with Gasteiger partial charge in [-0.25, -0.2) is 0 Å². The first-order chi connectivity index (χ1) is 7.29. The van der Waals surface area contributed by atoms with E-state index < -0.39 is 22.2 Å². The van der Waals surface area contributed by atoms with Crippen LogP contribution in [0.5, 0.6) is 5.75 Å². The van der Waals surface area contributed by atoms with Crippen molar-refractivity contribution < 1.29 is 22.5 Å². The molecule has 16 heavy (non-hydrogen) atoms. The van der Waals surface area contributed by atoms with Crippen LogP contribution in [0.1, 0.15) is 18.4 Å². The van der Waals surface area contributed by atoms with Gasteiger partial charge in [-0.3, -0.25) is 4.79 Å². The molecule has 0 fully saturated rings. The van der Waals surface area contributed by atoms with E-state index in [1.807, 2.05) is 0 Å². The molecule has 0 saturated carbocycles.